The van der Waals surface area contributed by atoms with E-state index in [0.29, 0.717) is 31.5 Å². The number of hydrogen-bond acceptors (Lipinski definition) is 8. The molecule has 0 atom stereocenters. The van der Waals surface area contributed by atoms with Crippen molar-refractivity contribution in [2.75, 3.05) is 52.9 Å². The van der Waals surface area contributed by atoms with Crippen molar-refractivity contribution in [3.05, 3.63) is 0 Å². The molecule has 2 amide bonds. The number of carbonyl (C=O) groups excluding carboxylic acids is 3. The monoisotopic (exact) mass is 343 g/mol. The van der Waals surface area contributed by atoms with Gasteiger partial charge in [-0.1, -0.05) is 5.92 Å². The van der Waals surface area contributed by atoms with Crippen LogP contribution in [0.25, 0.3) is 0 Å². The highest BCUT2D eigenvalue weighted by atomic mass is 16.7. The fraction of sp³-hybridized carbons (Fsp3) is 0.667. The topological polar surface area (TPSA) is 101 Å². The summed E-state index contributed by atoms with van der Waals surface area (Å²) in [5.41, 5.74) is 0. The van der Waals surface area contributed by atoms with Crippen LogP contribution in [0.5, 0.6) is 0 Å². The number of hydroxylamine groups is 2. The first-order chi connectivity index (χ1) is 11.6. The molecule has 9 heteroatoms. The van der Waals surface area contributed by atoms with Gasteiger partial charge in [-0.05, 0) is 0 Å². The molecule has 0 aromatic rings. The smallest absolute Gasteiger partial charge is 0.358 e. The van der Waals surface area contributed by atoms with Crippen molar-refractivity contribution in [3.8, 4) is 12.3 Å². The maximum absolute atomic E-state index is 11.4. The number of ether oxygens (including phenoxy) is 4. The summed E-state index contributed by atoms with van der Waals surface area (Å²) in [6, 6.07) is 0. The van der Waals surface area contributed by atoms with E-state index in [0.717, 1.165) is 0 Å². The average molecular weight is 343 g/mol. The van der Waals surface area contributed by atoms with Crippen LogP contribution < -0.4 is 0 Å². The summed E-state index contributed by atoms with van der Waals surface area (Å²) in [5.74, 6) is 0.481. The SMILES string of the molecule is C#CCOCCOCCOCCOCC(=O)ON1C(=O)CCC1=O. The Morgan fingerprint density at radius 1 is 0.917 bits per heavy atom. The normalized spacial score (nSPS) is 14.0. The Kier molecular flexibility index (Phi) is 10.4. The van der Waals surface area contributed by atoms with Crippen LogP contribution in [0.3, 0.4) is 0 Å². The first kappa shape index (κ1) is 20.1. The van der Waals surface area contributed by atoms with Gasteiger partial charge in [0.2, 0.25) is 0 Å². The maximum atomic E-state index is 11.4. The van der Waals surface area contributed by atoms with Crippen molar-refractivity contribution < 1.29 is 38.2 Å². The van der Waals surface area contributed by atoms with E-state index in [-0.39, 0.29) is 39.3 Å². The third kappa shape index (κ3) is 8.59. The summed E-state index contributed by atoms with van der Waals surface area (Å²) in [5, 5.41) is 0.479. The van der Waals surface area contributed by atoms with Gasteiger partial charge in [-0.3, -0.25) is 9.59 Å². The molecule has 0 aromatic carbocycles. The molecular weight excluding hydrogens is 322 g/mol. The number of nitrogens with zero attached hydrogens (tertiary/aromatic N) is 1. The summed E-state index contributed by atoms with van der Waals surface area (Å²) in [6.07, 6.45) is 5.12. The first-order valence-corrected chi connectivity index (χ1v) is 7.46. The lowest BCUT2D eigenvalue weighted by Crippen LogP contribution is -2.33. The molecule has 0 aromatic heterocycles. The minimum absolute atomic E-state index is 0.0545. The lowest BCUT2D eigenvalue weighted by atomic mass is 10.4. The van der Waals surface area contributed by atoms with Gasteiger partial charge in [0, 0.05) is 12.8 Å². The average Bonchev–Trinajstić information content (AvgIpc) is 2.88. The van der Waals surface area contributed by atoms with E-state index in [9.17, 15) is 14.4 Å². The number of rotatable bonds is 13. The van der Waals surface area contributed by atoms with Gasteiger partial charge >= 0.3 is 5.97 Å². The zero-order valence-electron chi connectivity index (χ0n) is 13.4. The standard InChI is InChI=1S/C15H21NO8/c1-2-5-20-6-7-21-8-9-22-10-11-23-12-15(19)24-16-13(17)3-4-14(16)18/h1H,3-12H2. The Hall–Kier alpha value is -1.99. The molecule has 1 fully saturated rings. The molecule has 24 heavy (non-hydrogen) atoms. The van der Waals surface area contributed by atoms with Gasteiger partial charge in [-0.15, -0.1) is 11.5 Å². The van der Waals surface area contributed by atoms with Crippen LogP contribution >= 0.6 is 0 Å². The number of carbonyl (C=O) groups is 3. The van der Waals surface area contributed by atoms with E-state index < -0.39 is 17.8 Å². The number of imide groups is 1. The predicted molar refractivity (Wildman–Crippen MR) is 79.3 cm³/mol. The minimum atomic E-state index is -0.811. The van der Waals surface area contributed by atoms with Crippen LogP contribution in [0.1, 0.15) is 12.8 Å². The predicted octanol–water partition coefficient (Wildman–Crippen LogP) is -0.707. The third-order valence-corrected chi connectivity index (χ3v) is 2.72. The van der Waals surface area contributed by atoms with Gasteiger partial charge in [-0.25, -0.2) is 4.79 Å². The molecule has 1 aliphatic rings. The van der Waals surface area contributed by atoms with Crippen molar-refractivity contribution >= 4 is 17.8 Å². The maximum Gasteiger partial charge on any atom is 0.358 e. The second-order valence-corrected chi connectivity index (χ2v) is 4.58. The molecule has 1 saturated heterocycles. The molecule has 0 bridgehead atoms. The van der Waals surface area contributed by atoms with Gasteiger partial charge in [0.15, 0.2) is 0 Å². The largest absolute Gasteiger partial charge is 0.377 e. The van der Waals surface area contributed by atoms with Crippen molar-refractivity contribution in [2.24, 2.45) is 0 Å². The lowest BCUT2D eigenvalue weighted by molar-refractivity contribution is -0.200. The Bertz CT molecular complexity index is 443. The fourth-order valence-corrected chi connectivity index (χ4v) is 1.63. The van der Waals surface area contributed by atoms with Crippen molar-refractivity contribution in [3.63, 3.8) is 0 Å². The molecule has 1 rings (SSSR count). The highest BCUT2D eigenvalue weighted by molar-refractivity contribution is 6.01. The fourth-order valence-electron chi connectivity index (χ4n) is 1.63. The Morgan fingerprint density at radius 2 is 1.42 bits per heavy atom. The van der Waals surface area contributed by atoms with Crippen molar-refractivity contribution in [1.82, 2.24) is 5.06 Å². The van der Waals surface area contributed by atoms with Gasteiger partial charge in [0.05, 0.1) is 39.6 Å². The summed E-state index contributed by atoms with van der Waals surface area (Å²) in [7, 11) is 0. The zero-order chi connectivity index (χ0) is 17.6. The van der Waals surface area contributed by atoms with E-state index in [1.165, 1.54) is 0 Å². The third-order valence-electron chi connectivity index (χ3n) is 2.72. The number of terminal acetylenes is 1. The highest BCUT2D eigenvalue weighted by Crippen LogP contribution is 2.11. The molecule has 0 spiro atoms. The van der Waals surface area contributed by atoms with Crippen molar-refractivity contribution in [2.45, 2.75) is 12.8 Å². The van der Waals surface area contributed by atoms with Crippen LogP contribution in [-0.4, -0.2) is 75.7 Å². The number of amides is 2. The van der Waals surface area contributed by atoms with Crippen LogP contribution in [-0.2, 0) is 38.2 Å². The molecular formula is C15H21NO8. The Balaban J connectivity index is 1.88. The quantitative estimate of drug-likeness (QED) is 0.246. The molecule has 0 radical (unpaired) electrons. The van der Waals surface area contributed by atoms with Gasteiger partial charge < -0.3 is 23.8 Å². The van der Waals surface area contributed by atoms with Crippen molar-refractivity contribution in [1.29, 1.82) is 0 Å². The minimum Gasteiger partial charge on any atom is -0.377 e. The molecule has 9 nitrogen and oxygen atoms in total. The summed E-state index contributed by atoms with van der Waals surface area (Å²) in [6.45, 7) is 1.97. The zero-order valence-corrected chi connectivity index (χ0v) is 13.4. The van der Waals surface area contributed by atoms with E-state index in [1.807, 2.05) is 0 Å². The van der Waals surface area contributed by atoms with Gasteiger partial charge in [0.25, 0.3) is 11.8 Å². The first-order valence-electron chi connectivity index (χ1n) is 7.46. The molecule has 134 valence electrons. The summed E-state index contributed by atoms with van der Waals surface area (Å²) < 4.78 is 20.5. The molecule has 0 aliphatic carbocycles. The van der Waals surface area contributed by atoms with E-state index in [2.05, 4.69) is 10.8 Å². The van der Waals surface area contributed by atoms with Gasteiger partial charge in [-0.2, -0.15) is 0 Å². The van der Waals surface area contributed by atoms with Crippen LogP contribution in [0.15, 0.2) is 0 Å². The van der Waals surface area contributed by atoms with E-state index in [4.69, 9.17) is 25.4 Å². The molecule has 0 unspecified atom stereocenters. The highest BCUT2D eigenvalue weighted by Gasteiger charge is 2.32. The molecule has 0 N–H and O–H groups in total. The van der Waals surface area contributed by atoms with Crippen LogP contribution in [0.4, 0.5) is 0 Å². The Morgan fingerprint density at radius 3 is 1.96 bits per heavy atom. The second-order valence-electron chi connectivity index (χ2n) is 4.58. The number of hydrogen-bond donors (Lipinski definition) is 0. The van der Waals surface area contributed by atoms with Gasteiger partial charge in [0.1, 0.15) is 13.2 Å². The van der Waals surface area contributed by atoms with Crippen LogP contribution in [0, 0.1) is 12.3 Å². The molecule has 0 saturated carbocycles. The van der Waals surface area contributed by atoms with Crippen LogP contribution in [0.2, 0.25) is 0 Å². The Labute approximate surface area is 140 Å². The van der Waals surface area contributed by atoms with E-state index in [1.54, 1.807) is 0 Å². The lowest BCUT2D eigenvalue weighted by Gasteiger charge is -2.12. The molecule has 1 aliphatic heterocycles. The summed E-state index contributed by atoms with van der Waals surface area (Å²) >= 11 is 0. The second kappa shape index (κ2) is 12.4. The summed E-state index contributed by atoms with van der Waals surface area (Å²) in [4.78, 5) is 38.5. The molecule has 1 heterocycles. The van der Waals surface area contributed by atoms with E-state index >= 15 is 0 Å².